The number of aromatic carboxylic acids is 1. The average molecular weight is 627 g/mol. The fourth-order valence-electron chi connectivity index (χ4n) is 4.94. The van der Waals surface area contributed by atoms with Crippen molar-refractivity contribution in [1.29, 1.82) is 0 Å². The third-order valence-electron chi connectivity index (χ3n) is 7.12. The van der Waals surface area contributed by atoms with Crippen LogP contribution < -0.4 is 5.14 Å². The molecule has 2 heterocycles. The number of nitrogens with zero attached hydrogens (tertiary/aromatic N) is 3. The Bertz CT molecular complexity index is 1850. The van der Waals surface area contributed by atoms with Crippen molar-refractivity contribution < 1.29 is 32.8 Å². The van der Waals surface area contributed by atoms with Crippen LogP contribution >= 0.6 is 11.3 Å². The highest BCUT2D eigenvalue weighted by atomic mass is 32.2. The molecule has 1 fully saturated rings. The molecular formula is C30H25F3N4O4S2. The monoisotopic (exact) mass is 626 g/mol. The van der Waals surface area contributed by atoms with E-state index in [9.17, 15) is 27.3 Å². The summed E-state index contributed by atoms with van der Waals surface area (Å²) in [7, 11) is -2.35. The van der Waals surface area contributed by atoms with Crippen molar-refractivity contribution in [2.24, 2.45) is 11.1 Å². The molecular weight excluding hydrogens is 601 g/mol. The zero-order chi connectivity index (χ0) is 29.5. The van der Waals surface area contributed by atoms with E-state index in [1.807, 2.05) is 6.07 Å². The number of carboxylic acids is 1. The summed E-state index contributed by atoms with van der Waals surface area (Å²) in [6.45, 7) is 0. The van der Waals surface area contributed by atoms with Gasteiger partial charge in [-0.3, -0.25) is 0 Å². The molecule has 222 valence electrons. The van der Waals surface area contributed by atoms with Gasteiger partial charge in [-0.25, -0.2) is 27.6 Å². The lowest BCUT2D eigenvalue weighted by molar-refractivity contribution is 0.0691. The molecule has 1 aliphatic rings. The first-order valence-corrected chi connectivity index (χ1v) is 15.2. The second-order valence-corrected chi connectivity index (χ2v) is 12.2. The van der Waals surface area contributed by atoms with Crippen LogP contribution in [0, 0.1) is 23.4 Å². The fourth-order valence-corrected chi connectivity index (χ4v) is 6.20. The van der Waals surface area contributed by atoms with Gasteiger partial charge in [0.15, 0.2) is 22.5 Å². The normalized spacial score (nSPS) is 13.5. The van der Waals surface area contributed by atoms with Gasteiger partial charge in [-0.1, -0.05) is 28.5 Å². The molecule has 6 rings (SSSR count). The summed E-state index contributed by atoms with van der Waals surface area (Å²) in [6, 6.07) is 14.8. The quantitative estimate of drug-likeness (QED) is 0.150. The Kier molecular flexibility index (Phi) is 8.60. The van der Waals surface area contributed by atoms with Gasteiger partial charge in [-0.15, -0.1) is 16.5 Å². The molecule has 13 heteroatoms. The van der Waals surface area contributed by atoms with Crippen LogP contribution in [0.5, 0.6) is 0 Å². The van der Waals surface area contributed by atoms with Crippen LogP contribution in [-0.2, 0) is 28.0 Å². The molecule has 0 spiro atoms. The summed E-state index contributed by atoms with van der Waals surface area (Å²) < 4.78 is 56.2. The van der Waals surface area contributed by atoms with E-state index in [2.05, 4.69) is 4.98 Å². The molecule has 0 aliphatic heterocycles. The Morgan fingerprint density at radius 3 is 2.37 bits per heavy atom. The maximum Gasteiger partial charge on any atom is 0.355 e. The van der Waals surface area contributed by atoms with Crippen molar-refractivity contribution in [3.63, 3.8) is 0 Å². The SMILES string of the molecule is N[SH+](=O)c1ccc(Cc2c(-c3cccc(-c4cc(F)cc(F)c4)c3)nn(-c3nc(C(=O)O)cs3)c2CC2CC2)cc1F.[OH-]. The number of hydrogen-bond donors (Lipinski definition) is 2. The van der Waals surface area contributed by atoms with E-state index in [-0.39, 0.29) is 22.5 Å². The first kappa shape index (κ1) is 30.3. The van der Waals surface area contributed by atoms with E-state index in [1.54, 1.807) is 28.9 Å². The Labute approximate surface area is 250 Å². The van der Waals surface area contributed by atoms with Crippen LogP contribution in [0.2, 0.25) is 0 Å². The van der Waals surface area contributed by atoms with E-state index < -0.39 is 34.4 Å². The van der Waals surface area contributed by atoms with Crippen LogP contribution in [0.4, 0.5) is 13.2 Å². The summed E-state index contributed by atoms with van der Waals surface area (Å²) in [5, 5.41) is 21.6. The third kappa shape index (κ3) is 6.44. The summed E-state index contributed by atoms with van der Waals surface area (Å²) in [5.74, 6) is -2.81. The summed E-state index contributed by atoms with van der Waals surface area (Å²) in [5.41, 5.74) is 4.21. The molecule has 3 aromatic carbocycles. The van der Waals surface area contributed by atoms with Crippen molar-refractivity contribution in [1.82, 2.24) is 14.8 Å². The Morgan fingerprint density at radius 1 is 1.02 bits per heavy atom. The van der Waals surface area contributed by atoms with E-state index in [0.717, 1.165) is 41.5 Å². The van der Waals surface area contributed by atoms with Gasteiger partial charge < -0.3 is 10.6 Å². The molecule has 4 N–H and O–H groups in total. The Morgan fingerprint density at radius 2 is 1.74 bits per heavy atom. The van der Waals surface area contributed by atoms with Crippen molar-refractivity contribution in [3.8, 4) is 27.5 Å². The van der Waals surface area contributed by atoms with Crippen LogP contribution in [0.1, 0.15) is 40.2 Å². The molecule has 1 aliphatic carbocycles. The Hall–Kier alpha value is -4.17. The van der Waals surface area contributed by atoms with Crippen LogP contribution in [0.25, 0.3) is 27.5 Å². The number of halogens is 3. The van der Waals surface area contributed by atoms with E-state index in [4.69, 9.17) is 10.2 Å². The third-order valence-corrected chi connectivity index (χ3v) is 8.78. The summed E-state index contributed by atoms with van der Waals surface area (Å²) in [4.78, 5) is 15.8. The van der Waals surface area contributed by atoms with E-state index >= 15 is 0 Å². The zero-order valence-electron chi connectivity index (χ0n) is 22.4. The highest BCUT2D eigenvalue weighted by Gasteiger charge is 2.29. The smallest absolute Gasteiger partial charge is 0.355 e. The molecule has 8 nitrogen and oxygen atoms in total. The Balaban J connectivity index is 0.00000368. The summed E-state index contributed by atoms with van der Waals surface area (Å²) >= 11 is 1.15. The lowest BCUT2D eigenvalue weighted by atomic mass is 9.95. The van der Waals surface area contributed by atoms with Gasteiger partial charge in [0.25, 0.3) is 0 Å². The highest BCUT2D eigenvalue weighted by molar-refractivity contribution is 7.82. The second kappa shape index (κ2) is 12.2. The number of nitrogens with two attached hydrogens (primary N) is 1. The van der Waals surface area contributed by atoms with Crippen LogP contribution in [0.15, 0.2) is 70.9 Å². The fraction of sp³-hybridized carbons (Fsp3) is 0.167. The number of rotatable bonds is 9. The second-order valence-electron chi connectivity index (χ2n) is 10.2. The maximum atomic E-state index is 14.8. The molecule has 5 aromatic rings. The highest BCUT2D eigenvalue weighted by Crippen LogP contribution is 2.39. The van der Waals surface area contributed by atoms with Gasteiger partial charge in [-0.05, 0) is 72.2 Å². The molecule has 1 atom stereocenters. The maximum absolute atomic E-state index is 14.8. The predicted molar refractivity (Wildman–Crippen MR) is 156 cm³/mol. The van der Waals surface area contributed by atoms with E-state index in [0.29, 0.717) is 45.4 Å². The van der Waals surface area contributed by atoms with Gasteiger partial charge in [0.1, 0.15) is 11.6 Å². The number of benzene rings is 3. The number of carbonyl (C=O) groups is 1. The predicted octanol–water partition coefficient (Wildman–Crippen LogP) is 6.07. The van der Waals surface area contributed by atoms with Crippen LogP contribution in [-0.4, -0.2) is 31.3 Å². The van der Waals surface area contributed by atoms with Crippen molar-refractivity contribution in [2.45, 2.75) is 30.6 Å². The minimum Gasteiger partial charge on any atom is -0.870 e. The molecule has 0 bridgehead atoms. The number of carboxylic acid groups (broad SMARTS) is 1. The first-order valence-electron chi connectivity index (χ1n) is 13.0. The summed E-state index contributed by atoms with van der Waals surface area (Å²) in [6.07, 6.45) is 2.97. The van der Waals surface area contributed by atoms with Gasteiger partial charge in [0.05, 0.1) is 11.4 Å². The molecule has 0 saturated heterocycles. The minimum absolute atomic E-state index is 0. The molecule has 0 amide bonds. The van der Waals surface area contributed by atoms with E-state index in [1.165, 1.54) is 29.6 Å². The molecule has 1 saturated carbocycles. The number of thiol groups is 1. The number of hydrogen-bond acceptors (Lipinski definition) is 6. The topological polar surface area (TPSA) is 141 Å². The largest absolute Gasteiger partial charge is 0.870 e. The van der Waals surface area contributed by atoms with Crippen molar-refractivity contribution in [2.75, 3.05) is 0 Å². The molecule has 1 unspecified atom stereocenters. The molecule has 0 radical (unpaired) electrons. The average Bonchev–Trinajstić information content (AvgIpc) is 3.50. The van der Waals surface area contributed by atoms with Gasteiger partial charge >= 0.3 is 5.97 Å². The van der Waals surface area contributed by atoms with Gasteiger partial charge in [0, 0.05) is 29.0 Å². The van der Waals surface area contributed by atoms with Crippen LogP contribution in [0.3, 0.4) is 0 Å². The van der Waals surface area contributed by atoms with Gasteiger partial charge in [-0.2, -0.15) is 5.10 Å². The standard InChI is InChI=1S/C30H23F3N4O3S2.H2O/c31-21-12-20(13-22(32)14-21)18-2-1-3-19(11-18)28-23(8-17-6-7-27(42(34)40)24(33)9-17)26(10-16-4-5-16)37(36-28)30-35-25(15-41-30)29(38)39;/h1-3,6-7,9,11-16H,4-5,8,10H2,(H2,34,40)(H,38,39);1H2. The zero-order valence-corrected chi connectivity index (χ0v) is 24.1. The molecule has 2 aromatic heterocycles. The van der Waals surface area contributed by atoms with Crippen molar-refractivity contribution >= 4 is 28.3 Å². The number of thiazole rings is 1. The molecule has 43 heavy (non-hydrogen) atoms. The van der Waals surface area contributed by atoms with Crippen molar-refractivity contribution in [3.05, 3.63) is 106 Å². The number of aromatic nitrogens is 3. The minimum atomic E-state index is -2.35. The first-order chi connectivity index (χ1) is 20.2. The lowest BCUT2D eigenvalue weighted by Crippen LogP contribution is -2.07. The lowest BCUT2D eigenvalue weighted by Gasteiger charge is -2.10. The van der Waals surface area contributed by atoms with Gasteiger partial charge in [0.2, 0.25) is 10.0 Å².